The van der Waals surface area contributed by atoms with Crippen molar-refractivity contribution in [2.24, 2.45) is 7.05 Å². The molecule has 4 aromatic rings. The van der Waals surface area contributed by atoms with Gasteiger partial charge in [0.25, 0.3) is 5.56 Å². The van der Waals surface area contributed by atoms with Gasteiger partial charge in [0.05, 0.1) is 6.54 Å². The number of ether oxygens (including phenoxy) is 2. The summed E-state index contributed by atoms with van der Waals surface area (Å²) in [6.07, 6.45) is -0.961. The van der Waals surface area contributed by atoms with Gasteiger partial charge in [-0.25, -0.2) is 4.79 Å². The first kappa shape index (κ1) is 19.5. The van der Waals surface area contributed by atoms with E-state index in [4.69, 9.17) is 9.47 Å². The second-order valence-electron chi connectivity index (χ2n) is 6.69. The molecule has 0 aliphatic heterocycles. The number of H-pyrrole nitrogens is 1. The lowest BCUT2D eigenvalue weighted by Gasteiger charge is -2.15. The van der Waals surface area contributed by atoms with E-state index in [1.165, 1.54) is 16.2 Å². The molecule has 0 aliphatic rings. The molecule has 0 aliphatic carbocycles. The standard InChI is InChI=1S/C21H20N4O5/c1-24-18-17(19(27)23-20(24)28)25(21(22-18)30-16-10-6-3-7-11-16)12-14(26)13-29-15-8-4-2-5-9-15/h2-11,14,26H,12-13H2,1H3,(H,23,27,28). The first-order chi connectivity index (χ1) is 14.5. The summed E-state index contributed by atoms with van der Waals surface area (Å²) < 4.78 is 14.1. The van der Waals surface area contributed by atoms with E-state index in [1.807, 2.05) is 24.3 Å². The lowest BCUT2D eigenvalue weighted by atomic mass is 10.3. The second-order valence-corrected chi connectivity index (χ2v) is 6.69. The number of nitrogens with one attached hydrogen (secondary N) is 1. The van der Waals surface area contributed by atoms with Crippen LogP contribution in [-0.4, -0.2) is 36.9 Å². The average molecular weight is 408 g/mol. The van der Waals surface area contributed by atoms with Crippen molar-refractivity contribution in [3.05, 3.63) is 81.5 Å². The van der Waals surface area contributed by atoms with Crippen LogP contribution in [0.15, 0.2) is 70.3 Å². The highest BCUT2D eigenvalue weighted by Crippen LogP contribution is 2.24. The lowest BCUT2D eigenvalue weighted by molar-refractivity contribution is 0.0915. The van der Waals surface area contributed by atoms with Gasteiger partial charge in [-0.2, -0.15) is 4.98 Å². The largest absolute Gasteiger partial charge is 0.491 e. The zero-order valence-electron chi connectivity index (χ0n) is 16.2. The number of nitrogens with zero attached hydrogens (tertiary/aromatic N) is 3. The van der Waals surface area contributed by atoms with E-state index >= 15 is 0 Å². The van der Waals surface area contributed by atoms with E-state index < -0.39 is 17.4 Å². The van der Waals surface area contributed by atoms with Gasteiger partial charge in [-0.15, -0.1) is 0 Å². The van der Waals surface area contributed by atoms with Crippen LogP contribution >= 0.6 is 0 Å². The molecule has 2 heterocycles. The molecule has 2 aromatic heterocycles. The molecule has 0 saturated heterocycles. The smallest absolute Gasteiger partial charge is 0.329 e. The molecule has 0 amide bonds. The van der Waals surface area contributed by atoms with E-state index in [-0.39, 0.29) is 30.3 Å². The molecule has 9 heteroatoms. The zero-order chi connectivity index (χ0) is 21.1. The number of aromatic amines is 1. The van der Waals surface area contributed by atoms with Gasteiger partial charge < -0.3 is 14.6 Å². The van der Waals surface area contributed by atoms with Crippen LogP contribution < -0.4 is 20.7 Å². The topological polar surface area (TPSA) is 111 Å². The van der Waals surface area contributed by atoms with Gasteiger partial charge >= 0.3 is 11.7 Å². The first-order valence-electron chi connectivity index (χ1n) is 9.31. The van der Waals surface area contributed by atoms with Crippen LogP contribution in [0.2, 0.25) is 0 Å². The van der Waals surface area contributed by atoms with E-state index in [2.05, 4.69) is 9.97 Å². The van der Waals surface area contributed by atoms with Crippen molar-refractivity contribution in [2.75, 3.05) is 6.61 Å². The van der Waals surface area contributed by atoms with E-state index in [0.717, 1.165) is 0 Å². The number of hydrogen-bond donors (Lipinski definition) is 2. The number of aliphatic hydroxyl groups excluding tert-OH is 1. The maximum Gasteiger partial charge on any atom is 0.329 e. The summed E-state index contributed by atoms with van der Waals surface area (Å²) in [5.74, 6) is 1.12. The molecule has 0 saturated carbocycles. The number of benzene rings is 2. The summed E-state index contributed by atoms with van der Waals surface area (Å²) in [5, 5.41) is 10.5. The molecule has 0 spiro atoms. The van der Waals surface area contributed by atoms with E-state index in [9.17, 15) is 14.7 Å². The van der Waals surface area contributed by atoms with Crippen LogP contribution in [0.5, 0.6) is 17.5 Å². The molecule has 1 unspecified atom stereocenters. The van der Waals surface area contributed by atoms with E-state index in [1.54, 1.807) is 36.4 Å². The van der Waals surface area contributed by atoms with Crippen LogP contribution in [0, 0.1) is 0 Å². The van der Waals surface area contributed by atoms with Gasteiger partial charge in [0.15, 0.2) is 11.2 Å². The van der Waals surface area contributed by atoms with Crippen molar-refractivity contribution >= 4 is 11.2 Å². The normalized spacial score (nSPS) is 12.1. The van der Waals surface area contributed by atoms with Crippen LogP contribution in [0.1, 0.15) is 0 Å². The predicted octanol–water partition coefficient (Wildman–Crippen LogP) is 1.66. The Bertz CT molecular complexity index is 1260. The second kappa shape index (κ2) is 8.26. The highest BCUT2D eigenvalue weighted by Gasteiger charge is 2.21. The third-order valence-corrected chi connectivity index (χ3v) is 4.50. The highest BCUT2D eigenvalue weighted by atomic mass is 16.5. The summed E-state index contributed by atoms with van der Waals surface area (Å²) >= 11 is 0. The van der Waals surface area contributed by atoms with Crippen LogP contribution in [0.25, 0.3) is 11.2 Å². The summed E-state index contributed by atoms with van der Waals surface area (Å²) in [4.78, 5) is 31.0. The van der Waals surface area contributed by atoms with Crippen molar-refractivity contribution in [3.63, 3.8) is 0 Å². The Labute approximate surface area is 170 Å². The third-order valence-electron chi connectivity index (χ3n) is 4.50. The minimum atomic E-state index is -0.961. The summed E-state index contributed by atoms with van der Waals surface area (Å²) in [7, 11) is 1.50. The lowest BCUT2D eigenvalue weighted by Crippen LogP contribution is -2.30. The Kier molecular flexibility index (Phi) is 5.36. The molecule has 0 fully saturated rings. The Morgan fingerprint density at radius 2 is 1.67 bits per heavy atom. The number of para-hydroxylation sites is 2. The third kappa shape index (κ3) is 3.96. The number of fused-ring (bicyclic) bond motifs is 1. The number of aliphatic hydroxyl groups is 1. The number of hydrogen-bond acceptors (Lipinski definition) is 6. The fourth-order valence-electron chi connectivity index (χ4n) is 3.03. The van der Waals surface area contributed by atoms with E-state index in [0.29, 0.717) is 11.5 Å². The zero-order valence-corrected chi connectivity index (χ0v) is 16.2. The van der Waals surface area contributed by atoms with Gasteiger partial charge in [0.2, 0.25) is 0 Å². The van der Waals surface area contributed by atoms with Crippen molar-refractivity contribution in [3.8, 4) is 17.5 Å². The van der Waals surface area contributed by atoms with Gasteiger partial charge in [-0.1, -0.05) is 36.4 Å². The molecule has 30 heavy (non-hydrogen) atoms. The van der Waals surface area contributed by atoms with Crippen molar-refractivity contribution < 1.29 is 14.6 Å². The van der Waals surface area contributed by atoms with Crippen molar-refractivity contribution in [1.29, 1.82) is 0 Å². The highest BCUT2D eigenvalue weighted by molar-refractivity contribution is 5.71. The first-order valence-corrected chi connectivity index (χ1v) is 9.31. The number of aryl methyl sites for hydroxylation is 1. The number of imidazole rings is 1. The van der Waals surface area contributed by atoms with Crippen LogP contribution in [0.4, 0.5) is 0 Å². The Morgan fingerprint density at radius 1 is 1.03 bits per heavy atom. The Hall–Kier alpha value is -3.85. The minimum Gasteiger partial charge on any atom is -0.491 e. The number of rotatable bonds is 7. The number of aromatic nitrogens is 4. The molecular formula is C21H20N4O5. The fourth-order valence-corrected chi connectivity index (χ4v) is 3.03. The maximum absolute atomic E-state index is 12.5. The summed E-state index contributed by atoms with van der Waals surface area (Å²) in [6, 6.07) is 18.1. The van der Waals surface area contributed by atoms with Gasteiger partial charge in [-0.3, -0.25) is 18.9 Å². The molecular weight excluding hydrogens is 388 g/mol. The molecule has 9 nitrogen and oxygen atoms in total. The summed E-state index contributed by atoms with van der Waals surface area (Å²) in [5.41, 5.74) is -0.913. The fraction of sp³-hybridized carbons (Fsp3) is 0.190. The quantitative estimate of drug-likeness (QED) is 0.481. The Morgan fingerprint density at radius 3 is 2.33 bits per heavy atom. The van der Waals surface area contributed by atoms with Crippen molar-refractivity contribution in [1.82, 2.24) is 19.1 Å². The molecule has 2 N–H and O–H groups in total. The SMILES string of the molecule is Cn1c(=O)[nH]c(=O)c2c1nc(Oc1ccccc1)n2CC(O)COc1ccccc1. The molecule has 0 radical (unpaired) electrons. The monoisotopic (exact) mass is 408 g/mol. The predicted molar refractivity (Wildman–Crippen MR) is 110 cm³/mol. The average Bonchev–Trinajstić information content (AvgIpc) is 3.10. The van der Waals surface area contributed by atoms with Crippen LogP contribution in [-0.2, 0) is 13.6 Å². The van der Waals surface area contributed by atoms with Crippen molar-refractivity contribution in [2.45, 2.75) is 12.6 Å². The molecule has 0 bridgehead atoms. The summed E-state index contributed by atoms with van der Waals surface area (Å²) in [6.45, 7) is -0.0229. The van der Waals surface area contributed by atoms with Crippen LogP contribution in [0.3, 0.4) is 0 Å². The van der Waals surface area contributed by atoms with Gasteiger partial charge in [0, 0.05) is 7.05 Å². The Balaban J connectivity index is 1.69. The maximum atomic E-state index is 12.5. The molecule has 2 aromatic carbocycles. The minimum absolute atomic E-state index is 0.00185. The molecule has 154 valence electrons. The van der Waals surface area contributed by atoms with Gasteiger partial charge in [-0.05, 0) is 24.3 Å². The molecule has 1 atom stereocenters. The molecule has 4 rings (SSSR count). The van der Waals surface area contributed by atoms with Gasteiger partial charge in [0.1, 0.15) is 24.2 Å².